The second-order valence-corrected chi connectivity index (χ2v) is 11.0. The average molecular weight is 580 g/mol. The van der Waals surface area contributed by atoms with Gasteiger partial charge in [-0.3, -0.25) is 0 Å². The van der Waals surface area contributed by atoms with Crippen LogP contribution in [-0.2, 0) is 0 Å². The van der Waals surface area contributed by atoms with Crippen molar-refractivity contribution in [2.45, 2.75) is 0 Å². The summed E-state index contributed by atoms with van der Waals surface area (Å²) in [5.41, 5.74) is 10.1. The smallest absolute Gasteiger partial charge is 0.158 e. The van der Waals surface area contributed by atoms with Crippen LogP contribution in [0.4, 0.5) is 11.4 Å². The molecule has 1 aromatic heterocycles. The van der Waals surface area contributed by atoms with Crippen LogP contribution in [0.5, 0.6) is 11.5 Å². The Labute approximate surface area is 262 Å². The number of benzene rings is 7. The molecule has 0 aliphatic rings. The lowest BCUT2D eigenvalue weighted by Gasteiger charge is -2.15. The predicted molar refractivity (Wildman–Crippen MR) is 186 cm³/mol. The van der Waals surface area contributed by atoms with E-state index in [0.29, 0.717) is 0 Å². The third-order valence-corrected chi connectivity index (χ3v) is 8.12. The summed E-state index contributed by atoms with van der Waals surface area (Å²) in [6.45, 7) is 0. The fourth-order valence-electron chi connectivity index (χ4n) is 5.96. The zero-order valence-corrected chi connectivity index (χ0v) is 24.5. The molecule has 0 aliphatic heterocycles. The van der Waals surface area contributed by atoms with Gasteiger partial charge in [0.15, 0.2) is 5.58 Å². The van der Waals surface area contributed by atoms with E-state index in [1.54, 1.807) is 0 Å². The average Bonchev–Trinajstić information content (AvgIpc) is 3.50. The van der Waals surface area contributed by atoms with E-state index in [1.165, 1.54) is 0 Å². The standard InChI is InChI=1S/C42H29NO2/c1-4-13-29(14-5-1)32-19-10-20-34(27-32)44-40-28-33(25-26-35(40)30-15-6-2-7-16-30)43-39-24-12-23-38-37-22-11-21-36(41(37)45-42(38)39)31-17-8-3-9-18-31/h1-28,43H. The van der Waals surface area contributed by atoms with E-state index in [9.17, 15) is 0 Å². The van der Waals surface area contributed by atoms with Crippen LogP contribution in [0.1, 0.15) is 0 Å². The molecule has 1 N–H and O–H groups in total. The summed E-state index contributed by atoms with van der Waals surface area (Å²) in [5.74, 6) is 1.54. The molecule has 0 atom stereocenters. The minimum Gasteiger partial charge on any atom is -0.457 e. The van der Waals surface area contributed by atoms with Crippen LogP contribution in [0, 0.1) is 0 Å². The molecule has 3 heteroatoms. The molecule has 0 amide bonds. The minimum absolute atomic E-state index is 0.763. The summed E-state index contributed by atoms with van der Waals surface area (Å²) in [7, 11) is 0. The van der Waals surface area contributed by atoms with Gasteiger partial charge in [0.1, 0.15) is 17.1 Å². The maximum Gasteiger partial charge on any atom is 0.158 e. The molecule has 0 fully saturated rings. The summed E-state index contributed by atoms with van der Waals surface area (Å²) < 4.78 is 13.3. The molecule has 7 aromatic carbocycles. The van der Waals surface area contributed by atoms with Gasteiger partial charge >= 0.3 is 0 Å². The fourth-order valence-corrected chi connectivity index (χ4v) is 5.96. The molecule has 0 unspecified atom stereocenters. The molecule has 0 radical (unpaired) electrons. The van der Waals surface area contributed by atoms with Gasteiger partial charge in [0.25, 0.3) is 0 Å². The van der Waals surface area contributed by atoms with Gasteiger partial charge in [-0.25, -0.2) is 0 Å². The number of ether oxygens (including phenoxy) is 1. The van der Waals surface area contributed by atoms with Crippen LogP contribution < -0.4 is 10.1 Å². The second kappa shape index (κ2) is 11.6. The molecule has 0 saturated carbocycles. The summed E-state index contributed by atoms with van der Waals surface area (Å²) in [5, 5.41) is 5.80. The van der Waals surface area contributed by atoms with Gasteiger partial charge in [-0.15, -0.1) is 0 Å². The topological polar surface area (TPSA) is 34.4 Å². The normalized spacial score (nSPS) is 11.1. The largest absolute Gasteiger partial charge is 0.457 e. The Kier molecular flexibility index (Phi) is 6.82. The third-order valence-electron chi connectivity index (χ3n) is 8.12. The highest BCUT2D eigenvalue weighted by Crippen LogP contribution is 2.41. The van der Waals surface area contributed by atoms with E-state index in [0.717, 1.165) is 78.2 Å². The quantitative estimate of drug-likeness (QED) is 0.204. The van der Waals surface area contributed by atoms with Crippen molar-refractivity contribution in [3.8, 4) is 44.9 Å². The Hall–Kier alpha value is -6.06. The molecule has 0 spiro atoms. The molecule has 0 saturated heterocycles. The van der Waals surface area contributed by atoms with Gasteiger partial charge in [0.05, 0.1) is 5.69 Å². The summed E-state index contributed by atoms with van der Waals surface area (Å²) in [6, 6.07) is 58.2. The summed E-state index contributed by atoms with van der Waals surface area (Å²) in [6.07, 6.45) is 0. The lowest BCUT2D eigenvalue weighted by Crippen LogP contribution is -1.94. The first-order valence-corrected chi connectivity index (χ1v) is 15.1. The van der Waals surface area contributed by atoms with E-state index in [-0.39, 0.29) is 0 Å². The molecule has 8 rings (SSSR count). The van der Waals surface area contributed by atoms with Crippen LogP contribution in [0.3, 0.4) is 0 Å². The van der Waals surface area contributed by atoms with Crippen molar-refractivity contribution < 1.29 is 9.15 Å². The number of nitrogens with one attached hydrogen (secondary N) is 1. The first-order chi connectivity index (χ1) is 22.3. The Morgan fingerprint density at radius 1 is 0.422 bits per heavy atom. The summed E-state index contributed by atoms with van der Waals surface area (Å²) >= 11 is 0. The Bertz CT molecular complexity index is 2250. The third kappa shape index (κ3) is 5.21. The van der Waals surface area contributed by atoms with E-state index < -0.39 is 0 Å². The SMILES string of the molecule is c1ccc(-c2cccc(Oc3cc(Nc4cccc5c4oc4c(-c6ccccc6)cccc45)ccc3-c3ccccc3)c2)cc1. The van der Waals surface area contributed by atoms with Gasteiger partial charge in [-0.05, 0) is 52.6 Å². The van der Waals surface area contributed by atoms with E-state index in [4.69, 9.17) is 9.15 Å². The molecule has 214 valence electrons. The van der Waals surface area contributed by atoms with Crippen molar-refractivity contribution in [1.82, 2.24) is 0 Å². The molecule has 0 aliphatic carbocycles. The Morgan fingerprint density at radius 3 is 1.76 bits per heavy atom. The fraction of sp³-hybridized carbons (Fsp3) is 0. The Balaban J connectivity index is 1.19. The van der Waals surface area contributed by atoms with Crippen molar-refractivity contribution in [1.29, 1.82) is 0 Å². The zero-order chi connectivity index (χ0) is 30.0. The number of anilines is 2. The van der Waals surface area contributed by atoms with Crippen molar-refractivity contribution in [2.75, 3.05) is 5.32 Å². The maximum atomic E-state index is 6.64. The molecule has 3 nitrogen and oxygen atoms in total. The van der Waals surface area contributed by atoms with Crippen LogP contribution in [0.25, 0.3) is 55.3 Å². The first kappa shape index (κ1) is 26.6. The summed E-state index contributed by atoms with van der Waals surface area (Å²) in [4.78, 5) is 0. The molecule has 1 heterocycles. The van der Waals surface area contributed by atoms with Crippen molar-refractivity contribution in [3.63, 3.8) is 0 Å². The van der Waals surface area contributed by atoms with Crippen molar-refractivity contribution in [2.24, 2.45) is 0 Å². The lowest BCUT2D eigenvalue weighted by atomic mass is 10.0. The highest BCUT2D eigenvalue weighted by molar-refractivity contribution is 6.12. The van der Waals surface area contributed by atoms with Crippen molar-refractivity contribution >= 4 is 33.3 Å². The highest BCUT2D eigenvalue weighted by atomic mass is 16.5. The molecular formula is C42H29NO2. The van der Waals surface area contributed by atoms with Gasteiger partial charge < -0.3 is 14.5 Å². The Morgan fingerprint density at radius 2 is 1.02 bits per heavy atom. The van der Waals surface area contributed by atoms with E-state index >= 15 is 0 Å². The monoisotopic (exact) mass is 579 g/mol. The van der Waals surface area contributed by atoms with Crippen LogP contribution in [0.2, 0.25) is 0 Å². The second-order valence-electron chi connectivity index (χ2n) is 11.0. The number of hydrogen-bond acceptors (Lipinski definition) is 3. The van der Waals surface area contributed by atoms with Gasteiger partial charge in [-0.1, -0.05) is 133 Å². The molecule has 0 bridgehead atoms. The predicted octanol–water partition coefficient (Wildman–Crippen LogP) is 12.1. The van der Waals surface area contributed by atoms with E-state index in [2.05, 4.69) is 133 Å². The van der Waals surface area contributed by atoms with Crippen LogP contribution >= 0.6 is 0 Å². The van der Waals surface area contributed by atoms with E-state index in [1.807, 2.05) is 42.5 Å². The van der Waals surface area contributed by atoms with Crippen molar-refractivity contribution in [3.05, 3.63) is 170 Å². The van der Waals surface area contributed by atoms with Gasteiger partial charge in [0, 0.05) is 33.7 Å². The molecular weight excluding hydrogens is 550 g/mol. The maximum absolute atomic E-state index is 6.64. The van der Waals surface area contributed by atoms with Gasteiger partial charge in [-0.2, -0.15) is 0 Å². The molecule has 45 heavy (non-hydrogen) atoms. The number of fused-ring (bicyclic) bond motifs is 3. The lowest BCUT2D eigenvalue weighted by molar-refractivity contribution is 0.485. The highest BCUT2D eigenvalue weighted by Gasteiger charge is 2.16. The number of furan rings is 1. The van der Waals surface area contributed by atoms with Crippen LogP contribution in [-0.4, -0.2) is 0 Å². The zero-order valence-electron chi connectivity index (χ0n) is 24.5. The number of rotatable bonds is 7. The minimum atomic E-state index is 0.763. The van der Waals surface area contributed by atoms with Gasteiger partial charge in [0.2, 0.25) is 0 Å². The number of para-hydroxylation sites is 2. The molecule has 8 aromatic rings. The van der Waals surface area contributed by atoms with Crippen LogP contribution in [0.15, 0.2) is 174 Å². The first-order valence-electron chi connectivity index (χ1n) is 15.1. The number of hydrogen-bond donors (Lipinski definition) is 1.